The second kappa shape index (κ2) is 5.95. The maximum absolute atomic E-state index is 11.7. The van der Waals surface area contributed by atoms with Crippen molar-refractivity contribution < 1.29 is 14.4 Å². The lowest BCUT2D eigenvalue weighted by atomic mass is 10.1. The van der Waals surface area contributed by atoms with Crippen LogP contribution in [0.4, 0.5) is 5.69 Å². The number of benzene rings is 1. The van der Waals surface area contributed by atoms with Crippen LogP contribution in [-0.2, 0) is 9.59 Å². The molecule has 3 N–H and O–H groups in total. The Morgan fingerprint density at radius 2 is 1.78 bits per heavy atom. The molecule has 2 amide bonds. The van der Waals surface area contributed by atoms with E-state index in [1.807, 2.05) is 0 Å². The Hall–Kier alpha value is -2.17. The number of carbonyl (C=O) groups excluding carboxylic acids is 3. The van der Waals surface area contributed by atoms with E-state index in [-0.39, 0.29) is 18.1 Å². The van der Waals surface area contributed by atoms with Crippen molar-refractivity contribution in [3.05, 3.63) is 29.8 Å². The number of hydrogen-bond acceptors (Lipinski definition) is 3. The number of nitrogens with one attached hydrogen (secondary N) is 1. The van der Waals surface area contributed by atoms with Crippen LogP contribution in [0.5, 0.6) is 0 Å². The average molecular weight is 248 g/mol. The number of primary amides is 1. The molecule has 1 atom stereocenters. The predicted octanol–water partition coefficient (Wildman–Crippen LogP) is 1.34. The van der Waals surface area contributed by atoms with E-state index < -0.39 is 11.8 Å². The van der Waals surface area contributed by atoms with Gasteiger partial charge in [0.15, 0.2) is 5.78 Å². The van der Waals surface area contributed by atoms with E-state index in [9.17, 15) is 14.4 Å². The smallest absolute Gasteiger partial charge is 0.227 e. The van der Waals surface area contributed by atoms with Gasteiger partial charge in [0, 0.05) is 23.6 Å². The van der Waals surface area contributed by atoms with Gasteiger partial charge in [-0.1, -0.05) is 6.92 Å². The molecule has 0 aromatic heterocycles. The van der Waals surface area contributed by atoms with E-state index in [2.05, 4.69) is 5.32 Å². The number of nitrogens with two attached hydrogens (primary N) is 1. The first kappa shape index (κ1) is 13.9. The zero-order valence-corrected chi connectivity index (χ0v) is 10.4. The minimum absolute atomic E-state index is 0.0113. The lowest BCUT2D eigenvalue weighted by Crippen LogP contribution is -2.25. The Morgan fingerprint density at radius 3 is 2.22 bits per heavy atom. The van der Waals surface area contributed by atoms with Gasteiger partial charge in [-0.25, -0.2) is 0 Å². The lowest BCUT2D eigenvalue weighted by molar-refractivity contribution is -0.125. The topological polar surface area (TPSA) is 89.3 Å². The van der Waals surface area contributed by atoms with Gasteiger partial charge in [0.1, 0.15) is 0 Å². The number of rotatable bonds is 5. The molecule has 0 bridgehead atoms. The summed E-state index contributed by atoms with van der Waals surface area (Å²) in [6.07, 6.45) is 0.0113. The van der Waals surface area contributed by atoms with Crippen LogP contribution >= 0.6 is 0 Å². The Balaban J connectivity index is 2.64. The summed E-state index contributed by atoms with van der Waals surface area (Å²) in [5.41, 5.74) is 6.19. The molecule has 0 radical (unpaired) electrons. The summed E-state index contributed by atoms with van der Waals surface area (Å²) in [5, 5.41) is 2.66. The van der Waals surface area contributed by atoms with E-state index in [1.165, 1.54) is 6.92 Å². The average Bonchev–Trinajstić information content (AvgIpc) is 2.28. The zero-order chi connectivity index (χ0) is 13.7. The van der Waals surface area contributed by atoms with E-state index in [0.29, 0.717) is 11.3 Å². The molecule has 0 aliphatic carbocycles. The van der Waals surface area contributed by atoms with Crippen molar-refractivity contribution in [2.75, 3.05) is 5.32 Å². The first-order chi connectivity index (χ1) is 8.40. The van der Waals surface area contributed by atoms with Crippen molar-refractivity contribution in [2.24, 2.45) is 11.7 Å². The van der Waals surface area contributed by atoms with Gasteiger partial charge < -0.3 is 11.1 Å². The second-order valence-corrected chi connectivity index (χ2v) is 4.19. The van der Waals surface area contributed by atoms with Crippen molar-refractivity contribution in [2.45, 2.75) is 20.3 Å². The SMILES string of the molecule is CC(=O)c1ccc(NC(=O)C(C)CC(N)=O)cc1. The third-order valence-corrected chi connectivity index (χ3v) is 2.51. The van der Waals surface area contributed by atoms with Crippen molar-refractivity contribution >= 4 is 23.3 Å². The summed E-state index contributed by atoms with van der Waals surface area (Å²) < 4.78 is 0. The molecule has 0 saturated heterocycles. The van der Waals surface area contributed by atoms with Crippen LogP contribution in [-0.4, -0.2) is 17.6 Å². The van der Waals surface area contributed by atoms with Gasteiger partial charge in [0.25, 0.3) is 0 Å². The molecule has 0 heterocycles. The largest absolute Gasteiger partial charge is 0.370 e. The molecule has 0 spiro atoms. The van der Waals surface area contributed by atoms with E-state index in [0.717, 1.165) is 0 Å². The minimum Gasteiger partial charge on any atom is -0.370 e. The van der Waals surface area contributed by atoms with Gasteiger partial charge in [-0.3, -0.25) is 14.4 Å². The summed E-state index contributed by atoms with van der Waals surface area (Å²) >= 11 is 0. The van der Waals surface area contributed by atoms with Gasteiger partial charge in [0.05, 0.1) is 0 Å². The number of ketones is 1. The molecule has 18 heavy (non-hydrogen) atoms. The first-order valence-corrected chi connectivity index (χ1v) is 5.60. The summed E-state index contributed by atoms with van der Waals surface area (Å²) in [5.74, 6) is -1.29. The van der Waals surface area contributed by atoms with Gasteiger partial charge in [-0.2, -0.15) is 0 Å². The number of amides is 2. The molecule has 1 rings (SSSR count). The summed E-state index contributed by atoms with van der Waals surface area (Å²) in [6.45, 7) is 3.10. The molecule has 5 heteroatoms. The highest BCUT2D eigenvalue weighted by Gasteiger charge is 2.15. The van der Waals surface area contributed by atoms with E-state index in [4.69, 9.17) is 5.73 Å². The standard InChI is InChI=1S/C13H16N2O3/c1-8(7-12(14)17)13(18)15-11-5-3-10(4-6-11)9(2)16/h3-6,8H,7H2,1-2H3,(H2,14,17)(H,15,18). The molecule has 1 aromatic carbocycles. The fraction of sp³-hybridized carbons (Fsp3) is 0.308. The maximum Gasteiger partial charge on any atom is 0.227 e. The van der Waals surface area contributed by atoms with Gasteiger partial charge >= 0.3 is 0 Å². The van der Waals surface area contributed by atoms with Crippen LogP contribution in [0, 0.1) is 5.92 Å². The van der Waals surface area contributed by atoms with Crippen molar-refractivity contribution in [1.29, 1.82) is 0 Å². The molecule has 0 saturated carbocycles. The fourth-order valence-corrected chi connectivity index (χ4v) is 1.45. The van der Waals surface area contributed by atoms with Crippen molar-refractivity contribution in [1.82, 2.24) is 0 Å². The molecule has 1 unspecified atom stereocenters. The number of anilines is 1. The highest BCUT2D eigenvalue weighted by Crippen LogP contribution is 2.12. The van der Waals surface area contributed by atoms with Crippen LogP contribution in [0.2, 0.25) is 0 Å². The van der Waals surface area contributed by atoms with Crippen molar-refractivity contribution in [3.8, 4) is 0 Å². The highest BCUT2D eigenvalue weighted by atomic mass is 16.2. The summed E-state index contributed by atoms with van der Waals surface area (Å²) in [4.78, 5) is 33.4. The number of Topliss-reactive ketones (excluding diaryl/α,β-unsaturated/α-hetero) is 1. The van der Waals surface area contributed by atoms with Crippen LogP contribution in [0.15, 0.2) is 24.3 Å². The molecule has 0 aliphatic heterocycles. The molecular weight excluding hydrogens is 232 g/mol. The summed E-state index contributed by atoms with van der Waals surface area (Å²) in [7, 11) is 0. The molecule has 0 aliphatic rings. The molecule has 0 fully saturated rings. The van der Waals surface area contributed by atoms with Crippen LogP contribution in [0.1, 0.15) is 30.6 Å². The Labute approximate surface area is 105 Å². The van der Waals surface area contributed by atoms with Crippen LogP contribution in [0.3, 0.4) is 0 Å². The monoisotopic (exact) mass is 248 g/mol. The number of hydrogen-bond donors (Lipinski definition) is 2. The molecule has 96 valence electrons. The molecule has 5 nitrogen and oxygen atoms in total. The first-order valence-electron chi connectivity index (χ1n) is 5.60. The number of carbonyl (C=O) groups is 3. The minimum atomic E-state index is -0.510. The highest BCUT2D eigenvalue weighted by molar-refractivity contribution is 5.96. The predicted molar refractivity (Wildman–Crippen MR) is 68.1 cm³/mol. The molecular formula is C13H16N2O3. The third-order valence-electron chi connectivity index (χ3n) is 2.51. The lowest BCUT2D eigenvalue weighted by Gasteiger charge is -2.10. The quantitative estimate of drug-likeness (QED) is 0.770. The summed E-state index contributed by atoms with van der Waals surface area (Å²) in [6, 6.07) is 6.56. The van der Waals surface area contributed by atoms with Gasteiger partial charge in [-0.15, -0.1) is 0 Å². The molecule has 1 aromatic rings. The Morgan fingerprint density at radius 1 is 1.22 bits per heavy atom. The maximum atomic E-state index is 11.7. The second-order valence-electron chi connectivity index (χ2n) is 4.19. The van der Waals surface area contributed by atoms with Crippen molar-refractivity contribution in [3.63, 3.8) is 0 Å². The normalized spacial score (nSPS) is 11.7. The zero-order valence-electron chi connectivity index (χ0n) is 10.4. The Kier molecular flexibility index (Phi) is 4.59. The van der Waals surface area contributed by atoms with E-state index >= 15 is 0 Å². The van der Waals surface area contributed by atoms with Crippen LogP contribution in [0.25, 0.3) is 0 Å². The fourth-order valence-electron chi connectivity index (χ4n) is 1.45. The van der Waals surface area contributed by atoms with E-state index in [1.54, 1.807) is 31.2 Å². The van der Waals surface area contributed by atoms with Crippen LogP contribution < -0.4 is 11.1 Å². The van der Waals surface area contributed by atoms with Gasteiger partial charge in [0.2, 0.25) is 11.8 Å². The van der Waals surface area contributed by atoms with Gasteiger partial charge in [-0.05, 0) is 31.2 Å². The third kappa shape index (κ3) is 4.01. The Bertz CT molecular complexity index is 466.